The average molecular weight is 369 g/mol. The van der Waals surface area contributed by atoms with Gasteiger partial charge in [0.15, 0.2) is 0 Å². The maximum absolute atomic E-state index is 11.9. The molecule has 0 spiro atoms. The van der Waals surface area contributed by atoms with Crippen LogP contribution in [0.2, 0.25) is 5.15 Å². The van der Waals surface area contributed by atoms with Crippen LogP contribution in [0, 0.1) is 10.1 Å². The molecule has 3 rings (SSSR count). The summed E-state index contributed by atoms with van der Waals surface area (Å²) in [7, 11) is 0. The van der Waals surface area contributed by atoms with E-state index >= 15 is 0 Å². The highest BCUT2D eigenvalue weighted by atomic mass is 35.5. The highest BCUT2D eigenvalue weighted by molar-refractivity contribution is 6.32. The maximum Gasteiger partial charge on any atom is 0.269 e. The van der Waals surface area contributed by atoms with Gasteiger partial charge in [-0.15, -0.1) is 0 Å². The number of hydrogen-bond donors (Lipinski definition) is 1. The van der Waals surface area contributed by atoms with E-state index in [9.17, 15) is 14.9 Å². The Labute approximate surface area is 153 Å². The summed E-state index contributed by atoms with van der Waals surface area (Å²) in [5.41, 5.74) is 4.39. The van der Waals surface area contributed by atoms with Crippen LogP contribution in [0.3, 0.4) is 0 Å². The molecule has 0 radical (unpaired) electrons. The second-order valence-corrected chi connectivity index (χ2v) is 5.81. The van der Waals surface area contributed by atoms with E-state index in [0.717, 1.165) is 10.9 Å². The SMILES string of the molecule is O=C(Cc1ccc([N+](=O)[O-])cc1)N/N=C\c1cc2ccccc2nc1Cl. The number of nitrogens with one attached hydrogen (secondary N) is 1. The van der Waals surface area contributed by atoms with Crippen molar-refractivity contribution in [1.29, 1.82) is 0 Å². The predicted octanol–water partition coefficient (Wildman–Crippen LogP) is 3.49. The number of aromatic nitrogens is 1. The molecule has 0 unspecified atom stereocenters. The molecule has 0 aliphatic carbocycles. The second-order valence-electron chi connectivity index (χ2n) is 5.45. The smallest absolute Gasteiger partial charge is 0.269 e. The van der Waals surface area contributed by atoms with Gasteiger partial charge in [0, 0.05) is 23.1 Å². The van der Waals surface area contributed by atoms with Gasteiger partial charge >= 0.3 is 0 Å². The summed E-state index contributed by atoms with van der Waals surface area (Å²) < 4.78 is 0. The number of fused-ring (bicyclic) bond motifs is 1. The fourth-order valence-electron chi connectivity index (χ4n) is 2.33. The van der Waals surface area contributed by atoms with Crippen molar-refractivity contribution in [1.82, 2.24) is 10.4 Å². The van der Waals surface area contributed by atoms with Crippen LogP contribution < -0.4 is 5.43 Å². The number of para-hydroxylation sites is 1. The Morgan fingerprint density at radius 1 is 1.23 bits per heavy atom. The molecule has 0 bridgehead atoms. The summed E-state index contributed by atoms with van der Waals surface area (Å²) in [6.07, 6.45) is 1.48. The van der Waals surface area contributed by atoms with Gasteiger partial charge in [-0.25, -0.2) is 10.4 Å². The first-order valence-electron chi connectivity index (χ1n) is 7.63. The van der Waals surface area contributed by atoms with Crippen LogP contribution >= 0.6 is 11.6 Å². The van der Waals surface area contributed by atoms with E-state index in [1.165, 1.54) is 30.5 Å². The third-order valence-electron chi connectivity index (χ3n) is 3.61. The maximum atomic E-state index is 11.9. The molecule has 1 amide bonds. The Kier molecular flexibility index (Phi) is 5.19. The number of non-ortho nitro benzene ring substituents is 1. The van der Waals surface area contributed by atoms with E-state index < -0.39 is 4.92 Å². The number of hydrogen-bond acceptors (Lipinski definition) is 5. The highest BCUT2D eigenvalue weighted by Crippen LogP contribution is 2.19. The van der Waals surface area contributed by atoms with E-state index in [2.05, 4.69) is 15.5 Å². The molecule has 1 N–H and O–H groups in total. The predicted molar refractivity (Wildman–Crippen MR) is 99.3 cm³/mol. The average Bonchev–Trinajstić information content (AvgIpc) is 2.62. The monoisotopic (exact) mass is 368 g/mol. The van der Waals surface area contributed by atoms with E-state index in [4.69, 9.17) is 11.6 Å². The van der Waals surface area contributed by atoms with Crippen LogP contribution in [0.15, 0.2) is 59.7 Å². The number of nitrogens with zero attached hydrogens (tertiary/aromatic N) is 3. The van der Waals surface area contributed by atoms with Crippen LogP contribution in [-0.2, 0) is 11.2 Å². The Morgan fingerprint density at radius 2 is 1.96 bits per heavy atom. The zero-order chi connectivity index (χ0) is 18.5. The molecule has 1 heterocycles. The van der Waals surface area contributed by atoms with Gasteiger partial charge in [0.2, 0.25) is 5.91 Å². The zero-order valence-electron chi connectivity index (χ0n) is 13.4. The number of pyridine rings is 1. The normalized spacial score (nSPS) is 11.0. The van der Waals surface area contributed by atoms with Crippen LogP contribution in [0.5, 0.6) is 0 Å². The van der Waals surface area contributed by atoms with E-state index in [1.54, 1.807) is 0 Å². The largest absolute Gasteiger partial charge is 0.273 e. The number of hydrazone groups is 1. The molecule has 2 aromatic carbocycles. The van der Waals surface area contributed by atoms with Crippen molar-refractivity contribution in [2.75, 3.05) is 0 Å². The number of carbonyl (C=O) groups is 1. The standard InChI is InChI=1S/C18H13ClN4O3/c19-18-14(10-13-3-1-2-4-16(13)21-18)11-20-22-17(24)9-12-5-7-15(8-6-12)23(25)26/h1-8,10-11H,9H2,(H,22,24)/b20-11-. The summed E-state index contributed by atoms with van der Waals surface area (Å²) in [4.78, 5) is 26.3. The molecule has 0 saturated carbocycles. The lowest BCUT2D eigenvalue weighted by Gasteiger charge is -2.02. The molecule has 3 aromatic rings. The summed E-state index contributed by atoms with van der Waals surface area (Å²) >= 11 is 6.12. The van der Waals surface area contributed by atoms with Crippen molar-refractivity contribution >= 4 is 40.3 Å². The van der Waals surface area contributed by atoms with E-state index in [-0.39, 0.29) is 23.2 Å². The third-order valence-corrected chi connectivity index (χ3v) is 3.91. The molecule has 8 heteroatoms. The molecular weight excluding hydrogens is 356 g/mol. The van der Waals surface area contributed by atoms with E-state index in [0.29, 0.717) is 11.1 Å². The Bertz CT molecular complexity index is 1000. The van der Waals surface area contributed by atoms with Crippen LogP contribution in [0.4, 0.5) is 5.69 Å². The Balaban J connectivity index is 1.63. The molecule has 0 atom stereocenters. The lowest BCUT2D eigenvalue weighted by Crippen LogP contribution is -2.19. The van der Waals surface area contributed by atoms with E-state index in [1.807, 2.05) is 30.3 Å². The number of carbonyl (C=O) groups excluding carboxylic acids is 1. The zero-order valence-corrected chi connectivity index (χ0v) is 14.2. The minimum Gasteiger partial charge on any atom is -0.273 e. The lowest BCUT2D eigenvalue weighted by molar-refractivity contribution is -0.384. The van der Waals surface area contributed by atoms with Crippen molar-refractivity contribution in [2.45, 2.75) is 6.42 Å². The van der Waals surface area contributed by atoms with Gasteiger partial charge in [-0.3, -0.25) is 14.9 Å². The molecule has 7 nitrogen and oxygen atoms in total. The molecule has 0 aliphatic heterocycles. The van der Waals surface area contributed by atoms with Crippen molar-refractivity contribution in [3.8, 4) is 0 Å². The van der Waals surface area contributed by atoms with Crippen molar-refractivity contribution in [3.63, 3.8) is 0 Å². The van der Waals surface area contributed by atoms with Gasteiger partial charge in [-0.2, -0.15) is 5.10 Å². The van der Waals surface area contributed by atoms with Gasteiger partial charge in [-0.05, 0) is 17.7 Å². The minimum atomic E-state index is -0.491. The third kappa shape index (κ3) is 4.20. The number of nitro groups is 1. The fourth-order valence-corrected chi connectivity index (χ4v) is 2.53. The van der Waals surface area contributed by atoms with Crippen molar-refractivity contribution in [2.24, 2.45) is 5.10 Å². The van der Waals surface area contributed by atoms with Crippen molar-refractivity contribution < 1.29 is 9.72 Å². The minimum absolute atomic E-state index is 0.0226. The topological polar surface area (TPSA) is 97.5 Å². The molecule has 0 fully saturated rings. The number of nitro benzene ring substituents is 1. The number of amides is 1. The number of halogens is 1. The fraction of sp³-hybridized carbons (Fsp3) is 0.0556. The van der Waals surface area contributed by atoms with Crippen LogP contribution in [0.25, 0.3) is 10.9 Å². The Morgan fingerprint density at radius 3 is 2.69 bits per heavy atom. The Hall–Kier alpha value is -3.32. The van der Waals surface area contributed by atoms with Gasteiger partial charge < -0.3 is 0 Å². The van der Waals surface area contributed by atoms with Gasteiger partial charge in [0.05, 0.1) is 23.1 Å². The summed E-state index contributed by atoms with van der Waals surface area (Å²) in [5.74, 6) is -0.347. The summed E-state index contributed by atoms with van der Waals surface area (Å²) in [6, 6.07) is 15.1. The van der Waals surface area contributed by atoms with Crippen LogP contribution in [-0.4, -0.2) is 22.0 Å². The number of rotatable bonds is 5. The first-order chi connectivity index (χ1) is 12.5. The number of benzene rings is 2. The van der Waals surface area contributed by atoms with Crippen LogP contribution in [0.1, 0.15) is 11.1 Å². The second kappa shape index (κ2) is 7.71. The van der Waals surface area contributed by atoms with Gasteiger partial charge in [-0.1, -0.05) is 41.9 Å². The molecule has 0 saturated heterocycles. The summed E-state index contributed by atoms with van der Waals surface area (Å²) in [6.45, 7) is 0. The molecular formula is C18H13ClN4O3. The highest BCUT2D eigenvalue weighted by Gasteiger charge is 2.07. The molecule has 26 heavy (non-hydrogen) atoms. The van der Waals surface area contributed by atoms with Gasteiger partial charge in [0.1, 0.15) is 5.15 Å². The summed E-state index contributed by atoms with van der Waals surface area (Å²) in [5, 5.41) is 15.7. The van der Waals surface area contributed by atoms with Crippen molar-refractivity contribution in [3.05, 3.63) is 81.0 Å². The molecule has 1 aromatic heterocycles. The first-order valence-corrected chi connectivity index (χ1v) is 8.01. The molecule has 130 valence electrons. The quantitative estimate of drug-likeness (QED) is 0.322. The first kappa shape index (κ1) is 17.5. The van der Waals surface area contributed by atoms with Gasteiger partial charge in [0.25, 0.3) is 5.69 Å². The lowest BCUT2D eigenvalue weighted by atomic mass is 10.1. The molecule has 0 aliphatic rings.